The van der Waals surface area contributed by atoms with E-state index < -0.39 is 5.41 Å². The maximum Gasteiger partial charge on any atom is 0.145 e. The number of para-hydroxylation sites is 1. The molecule has 1 N–H and O–H groups in total. The van der Waals surface area contributed by atoms with E-state index in [9.17, 15) is 9.18 Å². The standard InChI is InChI=1S/C19H17BrFNO/c20-14-7-13(8-15(21)9-14)12-5-6-18(23)19(10-12)11-22-17-4-2-1-3-16(17)19/h1-4,7-9,12,22H,5-6,10-11H2. The van der Waals surface area contributed by atoms with Gasteiger partial charge < -0.3 is 5.32 Å². The first kappa shape index (κ1) is 14.9. The Balaban J connectivity index is 1.74. The van der Waals surface area contributed by atoms with Gasteiger partial charge in [0, 0.05) is 23.1 Å². The zero-order valence-electron chi connectivity index (χ0n) is 12.6. The van der Waals surface area contributed by atoms with Crippen LogP contribution in [0.1, 0.15) is 36.3 Å². The summed E-state index contributed by atoms with van der Waals surface area (Å²) in [6.45, 7) is 0.651. The molecule has 118 valence electrons. The first-order valence-electron chi connectivity index (χ1n) is 7.91. The minimum absolute atomic E-state index is 0.202. The van der Waals surface area contributed by atoms with E-state index in [1.165, 1.54) is 6.07 Å². The third-order valence-electron chi connectivity index (χ3n) is 5.23. The Morgan fingerprint density at radius 2 is 2.04 bits per heavy atom. The van der Waals surface area contributed by atoms with E-state index in [0.29, 0.717) is 18.7 Å². The lowest BCUT2D eigenvalue weighted by Crippen LogP contribution is -2.42. The normalized spacial score (nSPS) is 26.2. The molecule has 4 heteroatoms. The minimum Gasteiger partial charge on any atom is -0.383 e. The van der Waals surface area contributed by atoms with Crippen LogP contribution in [-0.2, 0) is 10.2 Å². The molecule has 1 aliphatic carbocycles. The van der Waals surface area contributed by atoms with Gasteiger partial charge in [-0.3, -0.25) is 4.79 Å². The highest BCUT2D eigenvalue weighted by Gasteiger charge is 2.48. The molecule has 0 aromatic heterocycles. The van der Waals surface area contributed by atoms with Crippen LogP contribution in [0.5, 0.6) is 0 Å². The summed E-state index contributed by atoms with van der Waals surface area (Å²) in [6, 6.07) is 13.1. The van der Waals surface area contributed by atoms with Gasteiger partial charge in [-0.25, -0.2) is 4.39 Å². The summed E-state index contributed by atoms with van der Waals surface area (Å²) in [5.41, 5.74) is 2.68. The number of carbonyl (C=O) groups is 1. The number of fused-ring (bicyclic) bond motifs is 2. The lowest BCUT2D eigenvalue weighted by Gasteiger charge is -2.37. The number of rotatable bonds is 1. The first-order valence-corrected chi connectivity index (χ1v) is 8.70. The summed E-state index contributed by atoms with van der Waals surface area (Å²) in [7, 11) is 0. The Morgan fingerprint density at radius 1 is 1.22 bits per heavy atom. The molecule has 2 aromatic carbocycles. The van der Waals surface area contributed by atoms with Crippen LogP contribution in [-0.4, -0.2) is 12.3 Å². The quantitative estimate of drug-likeness (QED) is 0.778. The fourth-order valence-electron chi connectivity index (χ4n) is 4.10. The van der Waals surface area contributed by atoms with Crippen molar-refractivity contribution in [3.8, 4) is 0 Å². The maximum absolute atomic E-state index is 13.8. The Labute approximate surface area is 143 Å². The van der Waals surface area contributed by atoms with Crippen molar-refractivity contribution in [2.75, 3.05) is 11.9 Å². The monoisotopic (exact) mass is 373 g/mol. The molecule has 2 aliphatic rings. The summed E-state index contributed by atoms with van der Waals surface area (Å²) in [5, 5.41) is 3.38. The second-order valence-corrected chi connectivity index (χ2v) is 7.46. The van der Waals surface area contributed by atoms with Crippen molar-refractivity contribution in [2.24, 2.45) is 0 Å². The number of Topliss-reactive ketones (excluding diaryl/α,β-unsaturated/α-hetero) is 1. The molecule has 2 aromatic rings. The number of nitrogens with one attached hydrogen (secondary N) is 1. The fraction of sp³-hybridized carbons (Fsp3) is 0.316. The van der Waals surface area contributed by atoms with Crippen molar-refractivity contribution in [2.45, 2.75) is 30.6 Å². The topological polar surface area (TPSA) is 29.1 Å². The molecule has 2 atom stereocenters. The van der Waals surface area contributed by atoms with Crippen molar-refractivity contribution < 1.29 is 9.18 Å². The molecule has 0 radical (unpaired) electrons. The smallest absolute Gasteiger partial charge is 0.145 e. The predicted octanol–water partition coefficient (Wildman–Crippen LogP) is 4.79. The molecule has 1 fully saturated rings. The van der Waals surface area contributed by atoms with Crippen molar-refractivity contribution in [3.63, 3.8) is 0 Å². The zero-order valence-corrected chi connectivity index (χ0v) is 14.2. The third kappa shape index (κ3) is 2.40. The van der Waals surface area contributed by atoms with Gasteiger partial charge >= 0.3 is 0 Å². The van der Waals surface area contributed by atoms with Gasteiger partial charge in [-0.1, -0.05) is 34.1 Å². The van der Waals surface area contributed by atoms with Gasteiger partial charge in [0.25, 0.3) is 0 Å². The summed E-state index contributed by atoms with van der Waals surface area (Å²) in [4.78, 5) is 12.8. The Morgan fingerprint density at radius 3 is 2.87 bits per heavy atom. The number of benzene rings is 2. The van der Waals surface area contributed by atoms with Crippen LogP contribution in [0.4, 0.5) is 10.1 Å². The molecule has 4 rings (SSSR count). The van der Waals surface area contributed by atoms with Gasteiger partial charge in [-0.2, -0.15) is 0 Å². The van der Waals surface area contributed by atoms with Crippen LogP contribution in [0.3, 0.4) is 0 Å². The molecule has 1 heterocycles. The van der Waals surface area contributed by atoms with E-state index in [2.05, 4.69) is 27.3 Å². The molecule has 2 nitrogen and oxygen atoms in total. The van der Waals surface area contributed by atoms with Gasteiger partial charge in [0.05, 0.1) is 5.41 Å². The van der Waals surface area contributed by atoms with Crippen LogP contribution in [0.25, 0.3) is 0 Å². The molecule has 0 saturated heterocycles. The fourth-order valence-corrected chi connectivity index (χ4v) is 4.59. The van der Waals surface area contributed by atoms with Crippen LogP contribution < -0.4 is 5.32 Å². The van der Waals surface area contributed by atoms with Gasteiger partial charge in [0.15, 0.2) is 0 Å². The van der Waals surface area contributed by atoms with Crippen LogP contribution in [0.2, 0.25) is 0 Å². The highest BCUT2D eigenvalue weighted by Crippen LogP contribution is 2.49. The summed E-state index contributed by atoms with van der Waals surface area (Å²) < 4.78 is 14.5. The van der Waals surface area contributed by atoms with Crippen molar-refractivity contribution in [3.05, 3.63) is 63.9 Å². The lowest BCUT2D eigenvalue weighted by molar-refractivity contribution is -0.126. The van der Waals surface area contributed by atoms with E-state index in [-0.39, 0.29) is 11.7 Å². The van der Waals surface area contributed by atoms with Gasteiger partial charge in [-0.05, 0) is 54.2 Å². The molecule has 1 saturated carbocycles. The van der Waals surface area contributed by atoms with E-state index >= 15 is 0 Å². The van der Waals surface area contributed by atoms with E-state index in [1.807, 2.05) is 24.3 Å². The summed E-state index contributed by atoms with van der Waals surface area (Å²) in [5.74, 6) is 0.277. The molecule has 1 aliphatic heterocycles. The first-order chi connectivity index (χ1) is 11.1. The Kier molecular flexibility index (Phi) is 3.52. The molecular weight excluding hydrogens is 357 g/mol. The molecule has 23 heavy (non-hydrogen) atoms. The van der Waals surface area contributed by atoms with E-state index in [1.54, 1.807) is 6.07 Å². The van der Waals surface area contributed by atoms with Gasteiger partial charge in [0.2, 0.25) is 0 Å². The Bertz CT molecular complexity index is 770. The van der Waals surface area contributed by atoms with Gasteiger partial charge in [-0.15, -0.1) is 0 Å². The second-order valence-electron chi connectivity index (χ2n) is 6.55. The average molecular weight is 374 g/mol. The molecular formula is C19H17BrFNO. The van der Waals surface area contributed by atoms with Crippen molar-refractivity contribution in [1.29, 1.82) is 0 Å². The SMILES string of the molecule is O=C1CCC(c2cc(F)cc(Br)c2)CC12CNc1ccccc12. The van der Waals surface area contributed by atoms with Crippen molar-refractivity contribution >= 4 is 27.4 Å². The molecule has 0 bridgehead atoms. The minimum atomic E-state index is -0.460. The number of ketones is 1. The molecule has 0 amide bonds. The number of hydrogen-bond acceptors (Lipinski definition) is 2. The van der Waals surface area contributed by atoms with Gasteiger partial charge in [0.1, 0.15) is 11.6 Å². The zero-order chi connectivity index (χ0) is 16.0. The van der Waals surface area contributed by atoms with E-state index in [0.717, 1.165) is 34.1 Å². The largest absolute Gasteiger partial charge is 0.383 e. The molecule has 2 unspecified atom stereocenters. The Hall–Kier alpha value is -1.68. The van der Waals surface area contributed by atoms with E-state index in [4.69, 9.17) is 0 Å². The summed E-state index contributed by atoms with van der Waals surface area (Å²) >= 11 is 3.37. The van der Waals surface area contributed by atoms with Crippen LogP contribution in [0, 0.1) is 5.82 Å². The average Bonchev–Trinajstić information content (AvgIpc) is 2.89. The number of anilines is 1. The number of hydrogen-bond donors (Lipinski definition) is 1. The second kappa shape index (κ2) is 5.45. The van der Waals surface area contributed by atoms with Crippen molar-refractivity contribution in [1.82, 2.24) is 0 Å². The molecule has 1 spiro atoms. The number of carbonyl (C=O) groups excluding carboxylic acids is 1. The predicted molar refractivity (Wildman–Crippen MR) is 92.3 cm³/mol. The third-order valence-corrected chi connectivity index (χ3v) is 5.69. The number of halogens is 2. The highest BCUT2D eigenvalue weighted by molar-refractivity contribution is 9.10. The summed E-state index contributed by atoms with van der Waals surface area (Å²) in [6.07, 6.45) is 2.08. The lowest BCUT2D eigenvalue weighted by atomic mass is 9.64. The van der Waals surface area contributed by atoms with Crippen LogP contribution in [0.15, 0.2) is 46.9 Å². The highest BCUT2D eigenvalue weighted by atomic mass is 79.9. The maximum atomic E-state index is 13.8. The van der Waals surface area contributed by atoms with Crippen LogP contribution >= 0.6 is 15.9 Å².